The van der Waals surface area contributed by atoms with Crippen molar-refractivity contribution in [2.45, 2.75) is 71.6 Å². The van der Waals surface area contributed by atoms with E-state index in [1.807, 2.05) is 11.6 Å². The van der Waals surface area contributed by atoms with E-state index in [-0.39, 0.29) is 11.6 Å². The van der Waals surface area contributed by atoms with Crippen LogP contribution in [0.1, 0.15) is 51.4 Å². The lowest BCUT2D eigenvalue weighted by atomic mass is 9.89. The summed E-state index contributed by atoms with van der Waals surface area (Å²) in [6.45, 7) is 11.2. The fraction of sp³-hybridized carbons (Fsp3) is 0.812. The highest BCUT2D eigenvalue weighted by Crippen LogP contribution is 2.32. The molecule has 21 heavy (non-hydrogen) atoms. The Morgan fingerprint density at radius 1 is 1.48 bits per heavy atom. The van der Waals surface area contributed by atoms with Gasteiger partial charge in [-0.3, -0.25) is 4.68 Å². The van der Waals surface area contributed by atoms with E-state index in [2.05, 4.69) is 31.2 Å². The Bertz CT molecular complexity index is 466. The van der Waals surface area contributed by atoms with Crippen molar-refractivity contribution in [1.82, 2.24) is 15.1 Å². The Balaban J connectivity index is 2.22. The van der Waals surface area contributed by atoms with Gasteiger partial charge in [0.05, 0.1) is 22.0 Å². The van der Waals surface area contributed by atoms with Crippen LogP contribution in [0.4, 0.5) is 0 Å². The third kappa shape index (κ3) is 3.61. The van der Waals surface area contributed by atoms with Crippen LogP contribution in [-0.4, -0.2) is 34.6 Å². The summed E-state index contributed by atoms with van der Waals surface area (Å²) in [7, 11) is 0. The molecule has 1 aliphatic heterocycles. The molecule has 1 N–H and O–H groups in total. The molecule has 0 saturated carbocycles. The predicted octanol–water partition coefficient (Wildman–Crippen LogP) is 3.34. The minimum atomic E-state index is -0.102. The molecule has 1 aromatic heterocycles. The Morgan fingerprint density at radius 2 is 2.24 bits per heavy atom. The Kier molecular flexibility index (Phi) is 5.69. The molecule has 0 aliphatic carbocycles. The molecule has 0 aromatic carbocycles. The maximum atomic E-state index is 6.47. The third-order valence-electron chi connectivity index (χ3n) is 4.48. The summed E-state index contributed by atoms with van der Waals surface area (Å²) in [4.78, 5) is 0. The van der Waals surface area contributed by atoms with Gasteiger partial charge in [0.2, 0.25) is 0 Å². The third-order valence-corrected chi connectivity index (χ3v) is 4.97. The number of hydrogen-bond acceptors (Lipinski definition) is 3. The molecule has 1 aliphatic rings. The lowest BCUT2D eigenvalue weighted by Gasteiger charge is -2.34. The maximum Gasteiger partial charge on any atom is 0.0847 e. The van der Waals surface area contributed by atoms with Gasteiger partial charge in [0.1, 0.15) is 0 Å². The van der Waals surface area contributed by atoms with Crippen LogP contribution < -0.4 is 5.32 Å². The van der Waals surface area contributed by atoms with Crippen LogP contribution in [0.2, 0.25) is 5.02 Å². The zero-order valence-electron chi connectivity index (χ0n) is 13.7. The Labute approximate surface area is 133 Å². The van der Waals surface area contributed by atoms with Crippen molar-refractivity contribution in [3.8, 4) is 0 Å². The van der Waals surface area contributed by atoms with E-state index in [9.17, 15) is 0 Å². The molecule has 2 rings (SSSR count). The SMILES string of the molecule is CCCNC(Cc1c(Cl)c(C)nn1CC)C1(C)CCCO1. The van der Waals surface area contributed by atoms with Gasteiger partial charge in [-0.15, -0.1) is 0 Å². The zero-order valence-corrected chi connectivity index (χ0v) is 14.5. The average Bonchev–Trinajstić information content (AvgIpc) is 3.02. The monoisotopic (exact) mass is 313 g/mol. The number of hydrogen-bond donors (Lipinski definition) is 1. The summed E-state index contributed by atoms with van der Waals surface area (Å²) in [6.07, 6.45) is 4.22. The summed E-state index contributed by atoms with van der Waals surface area (Å²) in [5, 5.41) is 9.00. The number of ether oxygens (including phenoxy) is 1. The van der Waals surface area contributed by atoms with Gasteiger partial charge in [-0.05, 0) is 46.6 Å². The smallest absolute Gasteiger partial charge is 0.0847 e. The second-order valence-electron chi connectivity index (χ2n) is 6.14. The van der Waals surface area contributed by atoms with Gasteiger partial charge in [0.15, 0.2) is 0 Å². The minimum Gasteiger partial charge on any atom is -0.374 e. The van der Waals surface area contributed by atoms with Crippen molar-refractivity contribution >= 4 is 11.6 Å². The minimum absolute atomic E-state index is 0.102. The number of aromatic nitrogens is 2. The van der Waals surface area contributed by atoms with Crippen molar-refractivity contribution in [2.75, 3.05) is 13.2 Å². The summed E-state index contributed by atoms with van der Waals surface area (Å²) in [5.74, 6) is 0. The van der Waals surface area contributed by atoms with E-state index in [0.29, 0.717) is 0 Å². The largest absolute Gasteiger partial charge is 0.374 e. The molecule has 1 saturated heterocycles. The zero-order chi connectivity index (χ0) is 15.5. The standard InChI is InChI=1S/C16H28ClN3O/c1-5-9-18-14(16(4)8-7-10-21-16)11-13-15(17)12(3)19-20(13)6-2/h14,18H,5-11H2,1-4H3. The van der Waals surface area contributed by atoms with Crippen molar-refractivity contribution in [3.63, 3.8) is 0 Å². The Hall–Kier alpha value is -0.580. The lowest BCUT2D eigenvalue weighted by Crippen LogP contribution is -2.50. The first-order valence-corrected chi connectivity index (χ1v) is 8.48. The normalized spacial score (nSPS) is 23.7. The predicted molar refractivity (Wildman–Crippen MR) is 87.0 cm³/mol. The molecule has 1 aromatic rings. The van der Waals surface area contributed by atoms with Crippen molar-refractivity contribution in [3.05, 3.63) is 16.4 Å². The number of nitrogens with zero attached hydrogens (tertiary/aromatic N) is 2. The first kappa shape index (κ1) is 16.8. The van der Waals surface area contributed by atoms with Gasteiger partial charge >= 0.3 is 0 Å². The van der Waals surface area contributed by atoms with Gasteiger partial charge < -0.3 is 10.1 Å². The van der Waals surface area contributed by atoms with Gasteiger partial charge in [-0.1, -0.05) is 18.5 Å². The lowest BCUT2D eigenvalue weighted by molar-refractivity contribution is -0.0119. The van der Waals surface area contributed by atoms with Crippen LogP contribution in [0.15, 0.2) is 0 Å². The maximum absolute atomic E-state index is 6.47. The molecule has 4 nitrogen and oxygen atoms in total. The summed E-state index contributed by atoms with van der Waals surface area (Å²) in [6, 6.07) is 0.277. The molecule has 2 heterocycles. The van der Waals surface area contributed by atoms with Gasteiger partial charge in [-0.25, -0.2) is 0 Å². The van der Waals surface area contributed by atoms with Crippen LogP contribution in [0.5, 0.6) is 0 Å². The highest BCUT2D eigenvalue weighted by Gasteiger charge is 2.39. The summed E-state index contributed by atoms with van der Waals surface area (Å²) < 4.78 is 8.08. The van der Waals surface area contributed by atoms with E-state index in [1.165, 1.54) is 0 Å². The highest BCUT2D eigenvalue weighted by molar-refractivity contribution is 6.31. The van der Waals surface area contributed by atoms with Gasteiger partial charge in [0.25, 0.3) is 0 Å². The molecular formula is C16H28ClN3O. The van der Waals surface area contributed by atoms with Crippen LogP contribution in [0.25, 0.3) is 0 Å². The topological polar surface area (TPSA) is 39.1 Å². The summed E-state index contributed by atoms with van der Waals surface area (Å²) >= 11 is 6.47. The van der Waals surface area contributed by atoms with E-state index < -0.39 is 0 Å². The molecule has 0 amide bonds. The second-order valence-corrected chi connectivity index (χ2v) is 6.52. The van der Waals surface area contributed by atoms with Gasteiger partial charge in [0, 0.05) is 25.6 Å². The molecule has 0 radical (unpaired) electrons. The number of nitrogens with one attached hydrogen (secondary N) is 1. The number of rotatable bonds is 7. The first-order chi connectivity index (χ1) is 10.0. The summed E-state index contributed by atoms with van der Waals surface area (Å²) in [5.41, 5.74) is 1.94. The van der Waals surface area contributed by atoms with Gasteiger partial charge in [-0.2, -0.15) is 5.10 Å². The average molecular weight is 314 g/mol. The van der Waals surface area contributed by atoms with Crippen LogP contribution in [-0.2, 0) is 17.7 Å². The second kappa shape index (κ2) is 7.12. The molecule has 0 bridgehead atoms. The highest BCUT2D eigenvalue weighted by atomic mass is 35.5. The van der Waals surface area contributed by atoms with E-state index >= 15 is 0 Å². The molecule has 1 fully saturated rings. The van der Waals surface area contributed by atoms with E-state index in [1.54, 1.807) is 0 Å². The van der Waals surface area contributed by atoms with Crippen molar-refractivity contribution < 1.29 is 4.74 Å². The molecule has 120 valence electrons. The van der Waals surface area contributed by atoms with E-state index in [0.717, 1.165) is 61.8 Å². The van der Waals surface area contributed by atoms with Crippen LogP contribution in [0, 0.1) is 6.92 Å². The van der Waals surface area contributed by atoms with Crippen molar-refractivity contribution in [1.29, 1.82) is 0 Å². The Morgan fingerprint density at radius 3 is 2.81 bits per heavy atom. The first-order valence-electron chi connectivity index (χ1n) is 8.11. The fourth-order valence-electron chi connectivity index (χ4n) is 3.16. The molecule has 5 heteroatoms. The van der Waals surface area contributed by atoms with Crippen LogP contribution in [0.3, 0.4) is 0 Å². The molecular weight excluding hydrogens is 286 g/mol. The quantitative estimate of drug-likeness (QED) is 0.839. The molecule has 2 atom stereocenters. The molecule has 2 unspecified atom stereocenters. The number of aryl methyl sites for hydroxylation is 2. The van der Waals surface area contributed by atoms with Crippen LogP contribution >= 0.6 is 11.6 Å². The molecule has 0 spiro atoms. The fourth-order valence-corrected chi connectivity index (χ4v) is 3.37. The number of halogens is 1. The van der Waals surface area contributed by atoms with E-state index in [4.69, 9.17) is 16.3 Å². The van der Waals surface area contributed by atoms with Crippen molar-refractivity contribution in [2.24, 2.45) is 0 Å².